The van der Waals surface area contributed by atoms with Crippen LogP contribution in [0.4, 0.5) is 5.69 Å². The van der Waals surface area contributed by atoms with E-state index in [1.807, 2.05) is 23.6 Å². The van der Waals surface area contributed by atoms with Crippen LogP contribution in [-0.2, 0) is 11.3 Å². The Balaban J connectivity index is 1.67. The smallest absolute Gasteiger partial charge is 0.234 e. The molecule has 0 bridgehead atoms. The Labute approximate surface area is 210 Å². The average molecular weight is 497 g/mol. The molecule has 1 aromatic heterocycles. The molecule has 8 nitrogen and oxygen atoms in total. The third-order valence-corrected chi connectivity index (χ3v) is 6.26. The summed E-state index contributed by atoms with van der Waals surface area (Å²) < 4.78 is 18.6. The minimum Gasteiger partial charge on any atom is -0.497 e. The van der Waals surface area contributed by atoms with Gasteiger partial charge in [-0.15, -0.1) is 16.8 Å². The summed E-state index contributed by atoms with van der Waals surface area (Å²) in [7, 11) is 3.12. The largest absolute Gasteiger partial charge is 0.497 e. The number of rotatable bonds is 12. The number of hydrogen-bond acceptors (Lipinski definition) is 7. The van der Waals surface area contributed by atoms with Gasteiger partial charge in [-0.05, 0) is 42.7 Å². The van der Waals surface area contributed by atoms with Crippen LogP contribution in [0.25, 0.3) is 0 Å². The summed E-state index contributed by atoms with van der Waals surface area (Å²) in [5.74, 6) is 3.01. The molecule has 3 rings (SSSR count). The Morgan fingerprint density at radius 1 is 1.09 bits per heavy atom. The van der Waals surface area contributed by atoms with Gasteiger partial charge >= 0.3 is 0 Å². The molecule has 9 heteroatoms. The zero-order chi connectivity index (χ0) is 25.4. The van der Waals surface area contributed by atoms with E-state index in [1.54, 1.807) is 38.5 Å². The fraction of sp³-hybridized carbons (Fsp3) is 0.346. The summed E-state index contributed by atoms with van der Waals surface area (Å²) in [5.41, 5.74) is 1.82. The minimum atomic E-state index is -0.334. The van der Waals surface area contributed by atoms with Crippen molar-refractivity contribution in [1.82, 2.24) is 14.8 Å². The molecular weight excluding hydrogens is 464 g/mol. The Morgan fingerprint density at radius 2 is 1.80 bits per heavy atom. The fourth-order valence-electron chi connectivity index (χ4n) is 3.41. The van der Waals surface area contributed by atoms with E-state index in [0.717, 1.165) is 5.75 Å². The minimum absolute atomic E-state index is 0.149. The van der Waals surface area contributed by atoms with E-state index in [1.165, 1.54) is 17.3 Å². The van der Waals surface area contributed by atoms with Crippen LogP contribution in [0.2, 0.25) is 0 Å². The van der Waals surface area contributed by atoms with Gasteiger partial charge in [0.1, 0.15) is 17.2 Å². The molecule has 1 heterocycles. The van der Waals surface area contributed by atoms with Crippen LogP contribution in [0.1, 0.15) is 44.2 Å². The highest BCUT2D eigenvalue weighted by Crippen LogP contribution is 2.30. The fourth-order valence-corrected chi connectivity index (χ4v) is 4.17. The van der Waals surface area contributed by atoms with Crippen molar-refractivity contribution < 1.29 is 19.0 Å². The predicted molar refractivity (Wildman–Crippen MR) is 139 cm³/mol. The number of amides is 1. The normalized spacial score (nSPS) is 11.7. The topological polar surface area (TPSA) is 87.5 Å². The van der Waals surface area contributed by atoms with Gasteiger partial charge in [0.2, 0.25) is 5.91 Å². The Kier molecular flexibility index (Phi) is 9.19. The number of anilines is 1. The van der Waals surface area contributed by atoms with Crippen LogP contribution < -0.4 is 19.5 Å². The van der Waals surface area contributed by atoms with Crippen molar-refractivity contribution in [3.8, 4) is 17.2 Å². The molecule has 0 fully saturated rings. The van der Waals surface area contributed by atoms with Crippen molar-refractivity contribution in [2.45, 2.75) is 44.5 Å². The summed E-state index contributed by atoms with van der Waals surface area (Å²) in [5, 5.41) is 12.1. The molecule has 0 spiro atoms. The summed E-state index contributed by atoms with van der Waals surface area (Å²) in [6, 6.07) is 13.3. The van der Waals surface area contributed by atoms with Crippen LogP contribution >= 0.6 is 11.8 Å². The molecule has 3 aromatic rings. The number of allylic oxidation sites excluding steroid dienone is 1. The second kappa shape index (κ2) is 12.3. The number of hydrogen-bond donors (Lipinski definition) is 1. The molecule has 186 valence electrons. The molecule has 1 unspecified atom stereocenters. The van der Waals surface area contributed by atoms with Crippen molar-refractivity contribution in [2.24, 2.45) is 0 Å². The van der Waals surface area contributed by atoms with E-state index in [4.69, 9.17) is 14.2 Å². The monoisotopic (exact) mass is 496 g/mol. The molecule has 1 atom stereocenters. The number of nitrogens with zero attached hydrogens (tertiary/aromatic N) is 3. The number of ether oxygens (including phenoxy) is 3. The molecule has 0 aliphatic rings. The molecule has 0 saturated heterocycles. The van der Waals surface area contributed by atoms with Gasteiger partial charge in [-0.1, -0.05) is 43.8 Å². The van der Waals surface area contributed by atoms with Gasteiger partial charge in [-0.2, -0.15) is 0 Å². The van der Waals surface area contributed by atoms with Gasteiger partial charge in [-0.3, -0.25) is 9.36 Å². The standard InChI is InChI=1S/C26H32N4O4S/c1-7-14-30-25(18(4)34-20-10-8-19(9-11-20)17(2)3)28-29-26(30)35-16-24(31)27-22-13-12-21(32-5)15-23(22)33-6/h7-13,15,17-18H,1,14,16H2,2-6H3,(H,27,31). The first-order valence-corrected chi connectivity index (χ1v) is 12.3. The molecule has 0 radical (unpaired) electrons. The summed E-state index contributed by atoms with van der Waals surface area (Å²) >= 11 is 1.29. The Morgan fingerprint density at radius 3 is 2.43 bits per heavy atom. The third kappa shape index (κ3) is 6.79. The number of nitrogens with one attached hydrogen (secondary N) is 1. The second-order valence-corrected chi connectivity index (χ2v) is 9.07. The average Bonchev–Trinajstić information content (AvgIpc) is 3.26. The predicted octanol–water partition coefficient (Wildman–Crippen LogP) is 5.48. The van der Waals surface area contributed by atoms with Crippen LogP contribution in [0, 0.1) is 0 Å². The highest BCUT2D eigenvalue weighted by atomic mass is 32.2. The van der Waals surface area contributed by atoms with E-state index >= 15 is 0 Å². The van der Waals surface area contributed by atoms with Gasteiger partial charge in [-0.25, -0.2) is 0 Å². The zero-order valence-corrected chi connectivity index (χ0v) is 21.6. The van der Waals surface area contributed by atoms with Gasteiger partial charge in [0.15, 0.2) is 17.1 Å². The number of carbonyl (C=O) groups is 1. The van der Waals surface area contributed by atoms with Gasteiger partial charge in [0, 0.05) is 12.6 Å². The van der Waals surface area contributed by atoms with E-state index in [9.17, 15) is 4.79 Å². The lowest BCUT2D eigenvalue weighted by Gasteiger charge is -2.16. The maximum atomic E-state index is 12.6. The maximum absolute atomic E-state index is 12.6. The molecule has 2 aromatic carbocycles. The van der Waals surface area contributed by atoms with Gasteiger partial charge < -0.3 is 19.5 Å². The Hall–Kier alpha value is -3.46. The van der Waals surface area contributed by atoms with Crippen molar-refractivity contribution in [1.29, 1.82) is 0 Å². The van der Waals surface area contributed by atoms with Crippen molar-refractivity contribution in [2.75, 3.05) is 25.3 Å². The molecule has 1 N–H and O–H groups in total. The second-order valence-electron chi connectivity index (χ2n) is 8.13. The summed E-state index contributed by atoms with van der Waals surface area (Å²) in [6.45, 7) is 10.6. The number of aromatic nitrogens is 3. The van der Waals surface area contributed by atoms with Crippen molar-refractivity contribution in [3.05, 3.63) is 66.5 Å². The summed E-state index contributed by atoms with van der Waals surface area (Å²) in [6.07, 6.45) is 1.43. The highest BCUT2D eigenvalue weighted by molar-refractivity contribution is 7.99. The van der Waals surface area contributed by atoms with Gasteiger partial charge in [0.25, 0.3) is 0 Å². The highest BCUT2D eigenvalue weighted by Gasteiger charge is 2.20. The lowest BCUT2D eigenvalue weighted by atomic mass is 10.0. The van der Waals surface area contributed by atoms with Crippen molar-refractivity contribution in [3.63, 3.8) is 0 Å². The molecule has 35 heavy (non-hydrogen) atoms. The van der Waals surface area contributed by atoms with E-state index in [2.05, 4.69) is 48.1 Å². The maximum Gasteiger partial charge on any atom is 0.234 e. The Bertz CT molecular complexity index is 1140. The molecule has 0 aliphatic carbocycles. The number of benzene rings is 2. The first-order chi connectivity index (χ1) is 16.9. The number of methoxy groups -OCH3 is 2. The molecule has 1 amide bonds. The van der Waals surface area contributed by atoms with Crippen LogP contribution in [0.15, 0.2) is 60.3 Å². The number of thioether (sulfide) groups is 1. The first kappa shape index (κ1) is 26.2. The third-order valence-electron chi connectivity index (χ3n) is 5.30. The first-order valence-electron chi connectivity index (χ1n) is 11.3. The lowest BCUT2D eigenvalue weighted by molar-refractivity contribution is -0.113. The van der Waals surface area contributed by atoms with Crippen LogP contribution in [0.5, 0.6) is 17.2 Å². The van der Waals surface area contributed by atoms with E-state index in [0.29, 0.717) is 40.6 Å². The number of carbonyl (C=O) groups excluding carboxylic acids is 1. The van der Waals surface area contributed by atoms with E-state index < -0.39 is 0 Å². The summed E-state index contributed by atoms with van der Waals surface area (Å²) in [4.78, 5) is 12.6. The molecule has 0 aliphatic heterocycles. The molecular formula is C26H32N4O4S. The van der Waals surface area contributed by atoms with Crippen LogP contribution in [0.3, 0.4) is 0 Å². The zero-order valence-electron chi connectivity index (χ0n) is 20.8. The van der Waals surface area contributed by atoms with Crippen LogP contribution in [-0.4, -0.2) is 40.6 Å². The van der Waals surface area contributed by atoms with Crippen molar-refractivity contribution >= 4 is 23.4 Å². The van der Waals surface area contributed by atoms with E-state index in [-0.39, 0.29) is 17.8 Å². The SMILES string of the molecule is C=CCn1c(SCC(=O)Nc2ccc(OC)cc2OC)nnc1C(C)Oc1ccc(C(C)C)cc1. The molecule has 0 saturated carbocycles. The quantitative estimate of drug-likeness (QED) is 0.263. The van der Waals surface area contributed by atoms with Gasteiger partial charge in [0.05, 0.1) is 25.7 Å². The lowest BCUT2D eigenvalue weighted by Crippen LogP contribution is -2.16.